The van der Waals surface area contributed by atoms with Crippen molar-refractivity contribution in [3.8, 4) is 0 Å². The Kier molecular flexibility index (Phi) is 5.15. The van der Waals surface area contributed by atoms with Gasteiger partial charge in [0.15, 0.2) is 5.78 Å². The molecule has 1 amide bonds. The number of carbonyl (C=O) groups is 2. The molecule has 1 rings (SSSR count). The average Bonchev–Trinajstić information content (AvgIpc) is 2.30. The van der Waals surface area contributed by atoms with E-state index in [9.17, 15) is 9.59 Å². The third-order valence-corrected chi connectivity index (χ3v) is 1.77. The molecule has 0 fully saturated rings. The SMILES string of the molecule is N=NN=NCC(=O)CC(=O)Nc1ccccc1. The highest BCUT2D eigenvalue weighted by Crippen LogP contribution is 2.05. The fraction of sp³-hybridized carbons (Fsp3) is 0.200. The van der Waals surface area contributed by atoms with Crippen molar-refractivity contribution in [1.29, 1.82) is 5.53 Å². The van der Waals surface area contributed by atoms with Gasteiger partial charge < -0.3 is 5.32 Å². The summed E-state index contributed by atoms with van der Waals surface area (Å²) in [5.41, 5.74) is 6.94. The molecular weight excluding hydrogens is 222 g/mol. The number of hydrogen-bond acceptors (Lipinski definition) is 4. The molecule has 0 heterocycles. The number of nitrogens with zero attached hydrogens (tertiary/aromatic N) is 3. The minimum absolute atomic E-state index is 0.245. The van der Waals surface area contributed by atoms with E-state index >= 15 is 0 Å². The van der Waals surface area contributed by atoms with Crippen molar-refractivity contribution in [2.24, 2.45) is 15.6 Å². The van der Waals surface area contributed by atoms with Crippen molar-refractivity contribution in [2.75, 3.05) is 11.9 Å². The quantitative estimate of drug-likeness (QED) is 0.445. The van der Waals surface area contributed by atoms with E-state index in [1.54, 1.807) is 24.3 Å². The molecule has 0 saturated carbocycles. The smallest absolute Gasteiger partial charge is 0.231 e. The van der Waals surface area contributed by atoms with Crippen LogP contribution in [0.1, 0.15) is 6.42 Å². The monoisotopic (exact) mass is 233 g/mol. The van der Waals surface area contributed by atoms with Crippen LogP contribution in [0.3, 0.4) is 0 Å². The third-order valence-electron chi connectivity index (χ3n) is 1.77. The van der Waals surface area contributed by atoms with Gasteiger partial charge in [-0.1, -0.05) is 18.2 Å². The van der Waals surface area contributed by atoms with Crippen molar-refractivity contribution in [3.05, 3.63) is 30.3 Å². The molecule has 1 aromatic carbocycles. The minimum Gasteiger partial charge on any atom is -0.326 e. The molecule has 1 aromatic rings. The summed E-state index contributed by atoms with van der Waals surface area (Å²) < 4.78 is 0. The number of ketones is 1. The van der Waals surface area contributed by atoms with Crippen LogP contribution in [0.25, 0.3) is 0 Å². The molecule has 0 aliphatic heterocycles. The van der Waals surface area contributed by atoms with Crippen LogP contribution >= 0.6 is 0 Å². The number of amides is 1. The molecule has 7 heteroatoms. The zero-order valence-electron chi connectivity index (χ0n) is 8.96. The van der Waals surface area contributed by atoms with Crippen molar-refractivity contribution < 1.29 is 9.59 Å². The Balaban J connectivity index is 2.37. The highest BCUT2D eigenvalue weighted by molar-refractivity contribution is 6.04. The van der Waals surface area contributed by atoms with Gasteiger partial charge in [0.25, 0.3) is 0 Å². The lowest BCUT2D eigenvalue weighted by molar-refractivity contribution is -0.124. The zero-order valence-corrected chi connectivity index (χ0v) is 8.96. The maximum atomic E-state index is 11.4. The Morgan fingerprint density at radius 1 is 1.24 bits per heavy atom. The fourth-order valence-electron chi connectivity index (χ4n) is 1.10. The maximum absolute atomic E-state index is 11.4. The molecule has 7 nitrogen and oxygen atoms in total. The van der Waals surface area contributed by atoms with Crippen LogP contribution < -0.4 is 5.32 Å². The molecule has 88 valence electrons. The molecule has 2 N–H and O–H groups in total. The maximum Gasteiger partial charge on any atom is 0.231 e. The first kappa shape index (κ1) is 12.6. The van der Waals surface area contributed by atoms with Gasteiger partial charge in [0.1, 0.15) is 6.54 Å². The average molecular weight is 233 g/mol. The predicted octanol–water partition coefficient (Wildman–Crippen LogP) is 1.98. The lowest BCUT2D eigenvalue weighted by atomic mass is 10.2. The van der Waals surface area contributed by atoms with E-state index in [0.29, 0.717) is 5.69 Å². The van der Waals surface area contributed by atoms with Gasteiger partial charge in [-0.25, -0.2) is 0 Å². The molecule has 0 aliphatic carbocycles. The Bertz CT molecular complexity index is 430. The molecule has 0 atom stereocenters. The molecule has 0 bridgehead atoms. The summed E-state index contributed by atoms with van der Waals surface area (Å²) in [5.74, 6) is -0.787. The fourth-order valence-corrected chi connectivity index (χ4v) is 1.10. The first-order chi connectivity index (χ1) is 8.22. The van der Waals surface area contributed by atoms with E-state index in [0.717, 1.165) is 0 Å². The van der Waals surface area contributed by atoms with E-state index in [1.165, 1.54) is 0 Å². The van der Waals surface area contributed by atoms with E-state index in [1.807, 2.05) is 6.07 Å². The summed E-state index contributed by atoms with van der Waals surface area (Å²) in [6.45, 7) is -0.245. The summed E-state index contributed by atoms with van der Waals surface area (Å²) >= 11 is 0. The van der Waals surface area contributed by atoms with Gasteiger partial charge in [0.05, 0.1) is 6.42 Å². The summed E-state index contributed by atoms with van der Waals surface area (Å²) in [4.78, 5) is 22.6. The molecule has 17 heavy (non-hydrogen) atoms. The van der Waals surface area contributed by atoms with Crippen LogP contribution in [-0.2, 0) is 9.59 Å². The molecule has 0 unspecified atom stereocenters. The second-order valence-corrected chi connectivity index (χ2v) is 3.12. The molecular formula is C10H11N5O2. The van der Waals surface area contributed by atoms with E-state index in [4.69, 9.17) is 5.53 Å². The normalized spacial score (nSPS) is 10.1. The summed E-state index contributed by atoms with van der Waals surface area (Å²) in [5, 5.41) is 11.4. The molecule has 0 saturated heterocycles. The molecule has 0 aromatic heterocycles. The van der Waals surface area contributed by atoms with Crippen molar-refractivity contribution in [1.82, 2.24) is 0 Å². The summed E-state index contributed by atoms with van der Waals surface area (Å²) in [6, 6.07) is 8.83. The van der Waals surface area contributed by atoms with Crippen LogP contribution in [0, 0.1) is 5.53 Å². The number of Topliss-reactive ketones (excluding diaryl/α,β-unsaturated/α-hetero) is 1. The molecule has 0 aliphatic rings. The first-order valence-electron chi connectivity index (χ1n) is 4.82. The topological polar surface area (TPSA) is 107 Å². The van der Waals surface area contributed by atoms with Gasteiger partial charge in [0, 0.05) is 5.69 Å². The van der Waals surface area contributed by atoms with Crippen LogP contribution in [0.5, 0.6) is 0 Å². The number of anilines is 1. The van der Waals surface area contributed by atoms with Crippen LogP contribution in [0.15, 0.2) is 45.9 Å². The number of nitrogens with one attached hydrogen (secondary N) is 2. The van der Waals surface area contributed by atoms with Gasteiger partial charge in [-0.2, -0.15) is 10.6 Å². The van der Waals surface area contributed by atoms with Gasteiger partial charge >= 0.3 is 0 Å². The highest BCUT2D eigenvalue weighted by atomic mass is 16.2. The number of rotatable bonds is 6. The third kappa shape index (κ3) is 5.26. The molecule has 0 spiro atoms. The second-order valence-electron chi connectivity index (χ2n) is 3.12. The van der Waals surface area contributed by atoms with Gasteiger partial charge in [-0.15, -0.1) is 0 Å². The Hall–Kier alpha value is -2.44. The number of benzene rings is 1. The van der Waals surface area contributed by atoms with Gasteiger partial charge in [-0.3, -0.25) is 9.59 Å². The van der Waals surface area contributed by atoms with E-state index < -0.39 is 5.91 Å². The highest BCUT2D eigenvalue weighted by Gasteiger charge is 2.08. The Labute approximate surface area is 97.4 Å². The summed E-state index contributed by atoms with van der Waals surface area (Å²) in [7, 11) is 0. The van der Waals surface area contributed by atoms with Gasteiger partial charge in [0.2, 0.25) is 5.91 Å². The van der Waals surface area contributed by atoms with Crippen LogP contribution in [0.4, 0.5) is 5.69 Å². The van der Waals surface area contributed by atoms with Crippen LogP contribution in [-0.4, -0.2) is 18.2 Å². The number of hydrogen-bond donors (Lipinski definition) is 2. The summed E-state index contributed by atoms with van der Waals surface area (Å²) in [6.07, 6.45) is -0.272. The number of para-hydroxylation sites is 1. The lowest BCUT2D eigenvalue weighted by Crippen LogP contribution is -2.17. The Morgan fingerprint density at radius 2 is 1.94 bits per heavy atom. The Morgan fingerprint density at radius 3 is 2.59 bits per heavy atom. The first-order valence-corrected chi connectivity index (χ1v) is 4.82. The second kappa shape index (κ2) is 6.94. The van der Waals surface area contributed by atoms with Crippen molar-refractivity contribution in [2.45, 2.75) is 6.42 Å². The minimum atomic E-state index is -0.404. The van der Waals surface area contributed by atoms with Crippen molar-refractivity contribution >= 4 is 17.4 Å². The lowest BCUT2D eigenvalue weighted by Gasteiger charge is -2.02. The zero-order chi connectivity index (χ0) is 12.5. The standard InChI is InChI=1S/C10H11N5O2/c11-14-15-12-7-9(16)6-10(17)13-8-4-2-1-3-5-8/h1-5,11H,6-7H2,(H,13,17). The number of carbonyl (C=O) groups excluding carboxylic acids is 2. The van der Waals surface area contributed by atoms with E-state index in [-0.39, 0.29) is 18.7 Å². The largest absolute Gasteiger partial charge is 0.326 e. The van der Waals surface area contributed by atoms with Gasteiger partial charge in [-0.05, 0) is 22.6 Å². The van der Waals surface area contributed by atoms with Crippen LogP contribution in [0.2, 0.25) is 0 Å². The predicted molar refractivity (Wildman–Crippen MR) is 59.6 cm³/mol. The van der Waals surface area contributed by atoms with Crippen molar-refractivity contribution in [3.63, 3.8) is 0 Å². The molecule has 0 radical (unpaired) electrons. The van der Waals surface area contributed by atoms with E-state index in [2.05, 4.69) is 20.9 Å².